The number of H-pyrrole nitrogens is 1. The number of aromatic nitrogens is 5. The fraction of sp³-hybridized carbons (Fsp3) is 0.250. The molecule has 1 amide bonds. The summed E-state index contributed by atoms with van der Waals surface area (Å²) in [5.41, 5.74) is 1.47. The minimum Gasteiger partial charge on any atom is -0.339 e. The van der Waals surface area contributed by atoms with E-state index in [1.54, 1.807) is 28.2 Å². The number of carbonyl (C=O) groups is 1. The van der Waals surface area contributed by atoms with Crippen molar-refractivity contribution in [2.75, 3.05) is 13.1 Å². The quantitative estimate of drug-likeness (QED) is 0.783. The van der Waals surface area contributed by atoms with Crippen LogP contribution in [0.1, 0.15) is 24.2 Å². The van der Waals surface area contributed by atoms with Crippen molar-refractivity contribution in [1.29, 1.82) is 0 Å². The van der Waals surface area contributed by atoms with E-state index in [0.29, 0.717) is 30.4 Å². The average Bonchev–Trinajstić information content (AvgIpc) is 3.27. The standard InChI is InChI=1S/C16H18N6O/c1-3-21(4-2)15(23)13-7-5-6-12(10-13)14-18-16(20-19-14)22-9-8-17-11-22/h5-11H,3-4H2,1-2H3,(H,18,19,20). The van der Waals surface area contributed by atoms with Gasteiger partial charge in [-0.25, -0.2) is 4.98 Å². The van der Waals surface area contributed by atoms with Crippen molar-refractivity contribution in [2.24, 2.45) is 0 Å². The molecule has 1 aromatic carbocycles. The van der Waals surface area contributed by atoms with E-state index in [2.05, 4.69) is 20.2 Å². The van der Waals surface area contributed by atoms with Crippen LogP contribution in [0.3, 0.4) is 0 Å². The summed E-state index contributed by atoms with van der Waals surface area (Å²) in [6.07, 6.45) is 5.07. The van der Waals surface area contributed by atoms with Crippen molar-refractivity contribution in [3.63, 3.8) is 0 Å². The van der Waals surface area contributed by atoms with Crippen LogP contribution in [0.15, 0.2) is 43.0 Å². The first-order valence-electron chi connectivity index (χ1n) is 7.53. The minimum atomic E-state index is 0.0196. The van der Waals surface area contributed by atoms with E-state index >= 15 is 0 Å². The van der Waals surface area contributed by atoms with Crippen molar-refractivity contribution in [1.82, 2.24) is 29.6 Å². The SMILES string of the molecule is CCN(CC)C(=O)c1cccc(-c2nc(-n3ccnc3)n[nH]2)c1. The van der Waals surface area contributed by atoms with Gasteiger partial charge in [0.2, 0.25) is 0 Å². The molecule has 0 unspecified atom stereocenters. The van der Waals surface area contributed by atoms with Crippen LogP contribution in [0.4, 0.5) is 0 Å². The fourth-order valence-corrected chi connectivity index (χ4v) is 2.37. The smallest absolute Gasteiger partial charge is 0.254 e. The highest BCUT2D eigenvalue weighted by molar-refractivity contribution is 5.95. The lowest BCUT2D eigenvalue weighted by Crippen LogP contribution is -2.30. The first-order chi connectivity index (χ1) is 11.2. The second-order valence-electron chi connectivity index (χ2n) is 5.01. The minimum absolute atomic E-state index is 0.0196. The maximum absolute atomic E-state index is 12.4. The van der Waals surface area contributed by atoms with Crippen molar-refractivity contribution in [3.8, 4) is 17.3 Å². The van der Waals surface area contributed by atoms with Gasteiger partial charge in [-0.05, 0) is 26.0 Å². The number of hydrogen-bond donors (Lipinski definition) is 1. The lowest BCUT2D eigenvalue weighted by molar-refractivity contribution is 0.0773. The summed E-state index contributed by atoms with van der Waals surface area (Å²) in [7, 11) is 0. The van der Waals surface area contributed by atoms with Gasteiger partial charge in [0, 0.05) is 36.6 Å². The average molecular weight is 310 g/mol. The van der Waals surface area contributed by atoms with Gasteiger partial charge in [-0.15, -0.1) is 5.10 Å². The van der Waals surface area contributed by atoms with Crippen molar-refractivity contribution < 1.29 is 4.79 Å². The molecule has 0 fully saturated rings. The highest BCUT2D eigenvalue weighted by Crippen LogP contribution is 2.18. The first kappa shape index (κ1) is 15.0. The number of amides is 1. The third kappa shape index (κ3) is 2.98. The van der Waals surface area contributed by atoms with E-state index in [1.807, 2.05) is 38.1 Å². The van der Waals surface area contributed by atoms with E-state index in [1.165, 1.54) is 0 Å². The molecule has 2 aromatic heterocycles. The summed E-state index contributed by atoms with van der Waals surface area (Å²) in [6.45, 7) is 5.32. The second kappa shape index (κ2) is 6.43. The predicted molar refractivity (Wildman–Crippen MR) is 86.2 cm³/mol. The molecule has 7 heteroatoms. The molecular weight excluding hydrogens is 292 g/mol. The lowest BCUT2D eigenvalue weighted by atomic mass is 10.1. The fourth-order valence-electron chi connectivity index (χ4n) is 2.37. The Morgan fingerprint density at radius 3 is 2.83 bits per heavy atom. The Hall–Kier alpha value is -2.96. The monoisotopic (exact) mass is 310 g/mol. The molecule has 3 rings (SSSR count). The van der Waals surface area contributed by atoms with E-state index in [4.69, 9.17) is 0 Å². The molecule has 118 valence electrons. The van der Waals surface area contributed by atoms with Crippen LogP contribution < -0.4 is 0 Å². The molecule has 0 atom stereocenters. The van der Waals surface area contributed by atoms with Crippen LogP contribution in [0.25, 0.3) is 17.3 Å². The van der Waals surface area contributed by atoms with E-state index < -0.39 is 0 Å². The third-order valence-electron chi connectivity index (χ3n) is 3.64. The van der Waals surface area contributed by atoms with Gasteiger partial charge in [0.25, 0.3) is 11.9 Å². The second-order valence-corrected chi connectivity index (χ2v) is 5.01. The Morgan fingerprint density at radius 2 is 2.13 bits per heavy atom. The summed E-state index contributed by atoms with van der Waals surface area (Å²) in [5, 5.41) is 7.07. The van der Waals surface area contributed by atoms with Gasteiger partial charge in [-0.1, -0.05) is 12.1 Å². The predicted octanol–water partition coefficient (Wildman–Crippen LogP) is 2.14. The molecule has 0 radical (unpaired) electrons. The van der Waals surface area contributed by atoms with Crippen LogP contribution in [0.2, 0.25) is 0 Å². The van der Waals surface area contributed by atoms with Crippen LogP contribution in [-0.2, 0) is 0 Å². The Bertz CT molecular complexity index is 789. The molecule has 0 aliphatic carbocycles. The number of hydrogen-bond acceptors (Lipinski definition) is 4. The maximum Gasteiger partial charge on any atom is 0.254 e. The molecule has 0 saturated carbocycles. The Morgan fingerprint density at radius 1 is 1.30 bits per heavy atom. The zero-order valence-electron chi connectivity index (χ0n) is 13.1. The number of benzene rings is 1. The molecule has 0 bridgehead atoms. The number of imidazole rings is 1. The van der Waals surface area contributed by atoms with Crippen LogP contribution >= 0.6 is 0 Å². The molecule has 0 saturated heterocycles. The summed E-state index contributed by atoms with van der Waals surface area (Å²) < 4.78 is 1.71. The van der Waals surface area contributed by atoms with Gasteiger partial charge < -0.3 is 4.90 Å². The number of aromatic amines is 1. The van der Waals surface area contributed by atoms with Crippen LogP contribution in [-0.4, -0.2) is 48.6 Å². The topological polar surface area (TPSA) is 79.7 Å². The van der Waals surface area contributed by atoms with E-state index in [0.717, 1.165) is 5.56 Å². The first-order valence-corrected chi connectivity index (χ1v) is 7.53. The molecule has 23 heavy (non-hydrogen) atoms. The summed E-state index contributed by atoms with van der Waals surface area (Å²) in [4.78, 5) is 22.7. The Balaban J connectivity index is 1.90. The third-order valence-corrected chi connectivity index (χ3v) is 3.64. The van der Waals surface area contributed by atoms with Crippen LogP contribution in [0, 0.1) is 0 Å². The van der Waals surface area contributed by atoms with Gasteiger partial charge in [-0.3, -0.25) is 14.5 Å². The molecule has 1 N–H and O–H groups in total. The zero-order valence-corrected chi connectivity index (χ0v) is 13.1. The molecule has 0 spiro atoms. The van der Waals surface area contributed by atoms with Gasteiger partial charge in [0.1, 0.15) is 6.33 Å². The Kier molecular flexibility index (Phi) is 4.18. The maximum atomic E-state index is 12.4. The normalized spacial score (nSPS) is 10.7. The summed E-state index contributed by atoms with van der Waals surface area (Å²) in [6, 6.07) is 7.40. The molecule has 7 nitrogen and oxygen atoms in total. The molecule has 0 aliphatic heterocycles. The van der Waals surface area contributed by atoms with Gasteiger partial charge >= 0.3 is 0 Å². The van der Waals surface area contributed by atoms with Crippen molar-refractivity contribution in [2.45, 2.75) is 13.8 Å². The molecule has 0 aliphatic rings. The van der Waals surface area contributed by atoms with Crippen molar-refractivity contribution in [3.05, 3.63) is 48.5 Å². The molecular formula is C16H18N6O. The molecule has 2 heterocycles. The lowest BCUT2D eigenvalue weighted by Gasteiger charge is -2.18. The highest BCUT2D eigenvalue weighted by Gasteiger charge is 2.14. The van der Waals surface area contributed by atoms with Crippen LogP contribution in [0.5, 0.6) is 0 Å². The van der Waals surface area contributed by atoms with Crippen molar-refractivity contribution >= 4 is 5.91 Å². The number of nitrogens with one attached hydrogen (secondary N) is 1. The molecule has 3 aromatic rings. The number of nitrogens with zero attached hydrogens (tertiary/aromatic N) is 5. The zero-order chi connectivity index (χ0) is 16.2. The van der Waals surface area contributed by atoms with E-state index in [9.17, 15) is 4.79 Å². The number of carbonyl (C=O) groups excluding carboxylic acids is 1. The largest absolute Gasteiger partial charge is 0.339 e. The highest BCUT2D eigenvalue weighted by atomic mass is 16.2. The summed E-state index contributed by atoms with van der Waals surface area (Å²) in [5.74, 6) is 1.15. The van der Waals surface area contributed by atoms with Gasteiger partial charge in [-0.2, -0.15) is 4.98 Å². The van der Waals surface area contributed by atoms with Gasteiger partial charge in [0.15, 0.2) is 5.82 Å². The summed E-state index contributed by atoms with van der Waals surface area (Å²) >= 11 is 0. The van der Waals surface area contributed by atoms with E-state index in [-0.39, 0.29) is 5.91 Å². The number of rotatable bonds is 5. The Labute approximate surface area is 134 Å². The van der Waals surface area contributed by atoms with Gasteiger partial charge in [0.05, 0.1) is 0 Å².